The standard InChI is InChI=1S/C14H19N5O/c1-3-18-9-10(2)12(20)11-8-16-14(17-13(11)18)19-6-4-15-5-7-19/h8-9,15H,3-7H2,1-2H3. The van der Waals surface area contributed by atoms with Gasteiger partial charge >= 0.3 is 0 Å². The van der Waals surface area contributed by atoms with Gasteiger partial charge in [-0.3, -0.25) is 4.79 Å². The molecule has 0 unspecified atom stereocenters. The number of nitrogens with zero attached hydrogens (tertiary/aromatic N) is 4. The highest BCUT2D eigenvalue weighted by Gasteiger charge is 2.15. The number of piperazine rings is 1. The Bertz CT molecular complexity index is 688. The summed E-state index contributed by atoms with van der Waals surface area (Å²) in [7, 11) is 0. The minimum atomic E-state index is 0.0246. The molecule has 0 aromatic carbocycles. The molecule has 1 aliphatic rings. The van der Waals surface area contributed by atoms with Gasteiger partial charge in [0.1, 0.15) is 5.65 Å². The second-order valence-electron chi connectivity index (χ2n) is 5.07. The van der Waals surface area contributed by atoms with E-state index in [-0.39, 0.29) is 5.43 Å². The van der Waals surface area contributed by atoms with Crippen molar-refractivity contribution < 1.29 is 0 Å². The maximum Gasteiger partial charge on any atom is 0.227 e. The van der Waals surface area contributed by atoms with Gasteiger partial charge in [0.05, 0.1) is 5.39 Å². The molecule has 0 radical (unpaired) electrons. The summed E-state index contributed by atoms with van der Waals surface area (Å²) in [6.07, 6.45) is 3.54. The smallest absolute Gasteiger partial charge is 0.227 e. The lowest BCUT2D eigenvalue weighted by atomic mass is 10.2. The largest absolute Gasteiger partial charge is 0.338 e. The van der Waals surface area contributed by atoms with Crippen LogP contribution in [-0.4, -0.2) is 40.7 Å². The molecule has 1 fully saturated rings. The average Bonchev–Trinajstić information content (AvgIpc) is 2.51. The molecule has 3 heterocycles. The van der Waals surface area contributed by atoms with E-state index in [1.54, 1.807) is 6.20 Å². The average molecular weight is 273 g/mol. The molecule has 106 valence electrons. The third-order valence-electron chi connectivity index (χ3n) is 3.72. The van der Waals surface area contributed by atoms with Gasteiger partial charge in [-0.1, -0.05) is 0 Å². The molecule has 0 bridgehead atoms. The van der Waals surface area contributed by atoms with E-state index in [4.69, 9.17) is 0 Å². The van der Waals surface area contributed by atoms with E-state index >= 15 is 0 Å². The summed E-state index contributed by atoms with van der Waals surface area (Å²) in [6, 6.07) is 0. The first kappa shape index (κ1) is 13.1. The van der Waals surface area contributed by atoms with Crippen molar-refractivity contribution in [3.8, 4) is 0 Å². The first-order chi connectivity index (χ1) is 9.70. The molecule has 0 atom stereocenters. The quantitative estimate of drug-likeness (QED) is 0.865. The van der Waals surface area contributed by atoms with Gasteiger partial charge in [0, 0.05) is 50.7 Å². The third-order valence-corrected chi connectivity index (χ3v) is 3.72. The van der Waals surface area contributed by atoms with Crippen LogP contribution in [0.1, 0.15) is 12.5 Å². The van der Waals surface area contributed by atoms with Gasteiger partial charge in [0.25, 0.3) is 0 Å². The number of rotatable bonds is 2. The second kappa shape index (κ2) is 5.20. The van der Waals surface area contributed by atoms with Gasteiger partial charge in [-0.2, -0.15) is 4.98 Å². The number of nitrogens with one attached hydrogen (secondary N) is 1. The SMILES string of the molecule is CCn1cc(C)c(=O)c2cnc(N3CCNCC3)nc21. The van der Waals surface area contributed by atoms with Gasteiger partial charge in [0.15, 0.2) is 5.43 Å². The van der Waals surface area contributed by atoms with Gasteiger partial charge < -0.3 is 14.8 Å². The van der Waals surface area contributed by atoms with Crippen LogP contribution in [0.4, 0.5) is 5.95 Å². The fraction of sp³-hybridized carbons (Fsp3) is 0.500. The Balaban J connectivity index is 2.14. The van der Waals surface area contributed by atoms with Crippen molar-refractivity contribution in [3.05, 3.63) is 28.2 Å². The molecule has 0 saturated carbocycles. The van der Waals surface area contributed by atoms with Crippen molar-refractivity contribution >= 4 is 17.0 Å². The van der Waals surface area contributed by atoms with Crippen molar-refractivity contribution in [3.63, 3.8) is 0 Å². The fourth-order valence-electron chi connectivity index (χ4n) is 2.57. The number of pyridine rings is 1. The van der Waals surface area contributed by atoms with Crippen molar-refractivity contribution in [1.82, 2.24) is 19.9 Å². The molecule has 2 aromatic rings. The topological polar surface area (TPSA) is 63.1 Å². The molecule has 2 aromatic heterocycles. The van der Waals surface area contributed by atoms with Crippen molar-refractivity contribution in [2.45, 2.75) is 20.4 Å². The lowest BCUT2D eigenvalue weighted by Crippen LogP contribution is -2.44. The summed E-state index contributed by atoms with van der Waals surface area (Å²) in [4.78, 5) is 23.3. The maximum absolute atomic E-state index is 12.2. The van der Waals surface area contributed by atoms with Gasteiger partial charge in [0.2, 0.25) is 5.95 Å². The van der Waals surface area contributed by atoms with E-state index in [0.29, 0.717) is 11.3 Å². The van der Waals surface area contributed by atoms with Crippen LogP contribution in [0.3, 0.4) is 0 Å². The van der Waals surface area contributed by atoms with Crippen LogP contribution in [-0.2, 0) is 6.54 Å². The van der Waals surface area contributed by atoms with Crippen LogP contribution in [0.5, 0.6) is 0 Å². The van der Waals surface area contributed by atoms with Crippen molar-refractivity contribution in [1.29, 1.82) is 0 Å². The van der Waals surface area contributed by atoms with Crippen LogP contribution >= 0.6 is 0 Å². The highest BCUT2D eigenvalue weighted by molar-refractivity contribution is 5.75. The first-order valence-corrected chi connectivity index (χ1v) is 7.03. The molecule has 1 aliphatic heterocycles. The highest BCUT2D eigenvalue weighted by atomic mass is 16.1. The van der Waals surface area contributed by atoms with Crippen LogP contribution < -0.4 is 15.6 Å². The molecule has 6 nitrogen and oxygen atoms in total. The Morgan fingerprint density at radius 2 is 2.10 bits per heavy atom. The van der Waals surface area contributed by atoms with Crippen LogP contribution in [0, 0.1) is 6.92 Å². The summed E-state index contributed by atoms with van der Waals surface area (Å²) in [5.41, 5.74) is 1.49. The van der Waals surface area contributed by atoms with E-state index in [1.165, 1.54) is 0 Å². The lowest BCUT2D eigenvalue weighted by molar-refractivity contribution is 0.580. The predicted octanol–water partition coefficient (Wildman–Crippen LogP) is 0.529. The van der Waals surface area contributed by atoms with E-state index in [0.717, 1.165) is 43.9 Å². The third kappa shape index (κ3) is 2.16. The molecule has 0 aliphatic carbocycles. The molecule has 6 heteroatoms. The number of hydrogen-bond acceptors (Lipinski definition) is 5. The normalized spacial score (nSPS) is 15.8. The minimum absolute atomic E-state index is 0.0246. The van der Waals surface area contributed by atoms with Crippen molar-refractivity contribution in [2.24, 2.45) is 0 Å². The van der Waals surface area contributed by atoms with E-state index in [9.17, 15) is 4.79 Å². The molecule has 1 N–H and O–H groups in total. The van der Waals surface area contributed by atoms with Crippen molar-refractivity contribution in [2.75, 3.05) is 31.1 Å². The number of anilines is 1. The molecule has 0 spiro atoms. The lowest BCUT2D eigenvalue weighted by Gasteiger charge is -2.27. The molecular weight excluding hydrogens is 254 g/mol. The number of fused-ring (bicyclic) bond motifs is 1. The Morgan fingerprint density at radius 3 is 2.80 bits per heavy atom. The maximum atomic E-state index is 12.2. The Labute approximate surface area is 117 Å². The van der Waals surface area contributed by atoms with E-state index in [2.05, 4.69) is 27.1 Å². The Hall–Kier alpha value is -1.95. The summed E-state index contributed by atoms with van der Waals surface area (Å²) < 4.78 is 2.01. The molecule has 20 heavy (non-hydrogen) atoms. The van der Waals surface area contributed by atoms with E-state index < -0.39 is 0 Å². The summed E-state index contributed by atoms with van der Waals surface area (Å²) in [5.74, 6) is 0.712. The highest BCUT2D eigenvalue weighted by Crippen LogP contribution is 2.14. The van der Waals surface area contributed by atoms with Gasteiger partial charge in [-0.15, -0.1) is 0 Å². The predicted molar refractivity (Wildman–Crippen MR) is 79.3 cm³/mol. The molecule has 0 amide bonds. The second-order valence-corrected chi connectivity index (χ2v) is 5.07. The Morgan fingerprint density at radius 1 is 1.35 bits per heavy atom. The monoisotopic (exact) mass is 273 g/mol. The first-order valence-electron chi connectivity index (χ1n) is 7.03. The molecule has 3 rings (SSSR count). The molecule has 1 saturated heterocycles. The zero-order chi connectivity index (χ0) is 14.1. The van der Waals surface area contributed by atoms with Gasteiger partial charge in [-0.25, -0.2) is 4.98 Å². The van der Waals surface area contributed by atoms with Gasteiger partial charge in [-0.05, 0) is 13.8 Å². The van der Waals surface area contributed by atoms with Crippen LogP contribution in [0.25, 0.3) is 11.0 Å². The van der Waals surface area contributed by atoms with E-state index in [1.807, 2.05) is 17.7 Å². The zero-order valence-electron chi connectivity index (χ0n) is 11.9. The van der Waals surface area contributed by atoms with Crippen LogP contribution in [0.2, 0.25) is 0 Å². The summed E-state index contributed by atoms with van der Waals surface area (Å²) in [5, 5.41) is 3.91. The number of aromatic nitrogens is 3. The zero-order valence-corrected chi connectivity index (χ0v) is 11.9. The summed E-state index contributed by atoms with van der Waals surface area (Å²) >= 11 is 0. The number of aryl methyl sites for hydroxylation is 2. The Kier molecular flexibility index (Phi) is 3.40. The number of hydrogen-bond donors (Lipinski definition) is 1. The fourth-order valence-corrected chi connectivity index (χ4v) is 2.57. The molecular formula is C14H19N5O. The van der Waals surface area contributed by atoms with Crippen LogP contribution in [0.15, 0.2) is 17.2 Å². The minimum Gasteiger partial charge on any atom is -0.338 e. The summed E-state index contributed by atoms with van der Waals surface area (Å²) in [6.45, 7) is 8.34.